The molecule has 0 spiro atoms. The summed E-state index contributed by atoms with van der Waals surface area (Å²) in [5, 5.41) is 6.19. The van der Waals surface area contributed by atoms with Crippen molar-refractivity contribution >= 4 is 23.7 Å². The van der Waals surface area contributed by atoms with Crippen LogP contribution in [0.3, 0.4) is 0 Å². The van der Waals surface area contributed by atoms with Crippen LogP contribution in [0.1, 0.15) is 11.1 Å². The molecule has 2 rings (SSSR count). The van der Waals surface area contributed by atoms with Crippen LogP contribution in [-0.4, -0.2) is 23.0 Å². The SMILES string of the molecule is Cc1cccc(NC(=O)C(=O)NN=Cc2cccnc2)c1. The van der Waals surface area contributed by atoms with Crippen molar-refractivity contribution in [3.05, 3.63) is 59.9 Å². The molecule has 6 heteroatoms. The van der Waals surface area contributed by atoms with Gasteiger partial charge in [0.05, 0.1) is 6.21 Å². The fraction of sp³-hybridized carbons (Fsp3) is 0.0667. The molecule has 0 saturated carbocycles. The largest absolute Gasteiger partial charge is 0.329 e. The van der Waals surface area contributed by atoms with Crippen molar-refractivity contribution in [2.45, 2.75) is 6.92 Å². The van der Waals surface area contributed by atoms with Crippen molar-refractivity contribution in [3.63, 3.8) is 0 Å². The maximum absolute atomic E-state index is 11.7. The summed E-state index contributed by atoms with van der Waals surface area (Å²) in [7, 11) is 0. The van der Waals surface area contributed by atoms with E-state index in [-0.39, 0.29) is 0 Å². The lowest BCUT2D eigenvalue weighted by atomic mass is 10.2. The molecule has 0 aliphatic carbocycles. The molecule has 0 fully saturated rings. The summed E-state index contributed by atoms with van der Waals surface area (Å²) in [4.78, 5) is 27.1. The van der Waals surface area contributed by atoms with Gasteiger partial charge in [0.1, 0.15) is 0 Å². The predicted molar refractivity (Wildman–Crippen MR) is 79.8 cm³/mol. The fourth-order valence-corrected chi connectivity index (χ4v) is 1.58. The third-order valence-electron chi connectivity index (χ3n) is 2.55. The maximum Gasteiger partial charge on any atom is 0.329 e. The zero-order chi connectivity index (χ0) is 15.1. The Morgan fingerprint density at radius 3 is 2.76 bits per heavy atom. The van der Waals surface area contributed by atoms with E-state index >= 15 is 0 Å². The van der Waals surface area contributed by atoms with Gasteiger partial charge >= 0.3 is 11.8 Å². The molecule has 0 saturated heterocycles. The third kappa shape index (κ3) is 4.54. The molecule has 0 radical (unpaired) electrons. The number of aromatic nitrogens is 1. The number of rotatable bonds is 3. The Labute approximate surface area is 121 Å². The Hall–Kier alpha value is -3.02. The summed E-state index contributed by atoms with van der Waals surface area (Å²) in [6, 6.07) is 10.7. The number of nitrogens with one attached hydrogen (secondary N) is 2. The zero-order valence-electron chi connectivity index (χ0n) is 11.4. The molecule has 0 atom stereocenters. The van der Waals surface area contributed by atoms with E-state index in [4.69, 9.17) is 0 Å². The summed E-state index contributed by atoms with van der Waals surface area (Å²) in [5.41, 5.74) is 4.43. The molecule has 2 amide bonds. The Morgan fingerprint density at radius 1 is 1.19 bits per heavy atom. The Bertz CT molecular complexity index is 668. The highest BCUT2D eigenvalue weighted by atomic mass is 16.2. The topological polar surface area (TPSA) is 83.5 Å². The van der Waals surface area contributed by atoms with Crippen LogP contribution in [-0.2, 0) is 9.59 Å². The average Bonchev–Trinajstić information content (AvgIpc) is 2.48. The van der Waals surface area contributed by atoms with Crippen molar-refractivity contribution < 1.29 is 9.59 Å². The minimum absolute atomic E-state index is 0.561. The van der Waals surface area contributed by atoms with Crippen LogP contribution in [0.25, 0.3) is 0 Å². The molecular weight excluding hydrogens is 268 g/mol. The first-order valence-corrected chi connectivity index (χ1v) is 6.26. The first-order chi connectivity index (χ1) is 10.1. The molecule has 2 aromatic rings. The molecule has 1 aromatic carbocycles. The molecule has 106 valence electrons. The molecule has 0 aliphatic rings. The summed E-state index contributed by atoms with van der Waals surface area (Å²) < 4.78 is 0. The van der Waals surface area contributed by atoms with Gasteiger partial charge < -0.3 is 5.32 Å². The van der Waals surface area contributed by atoms with Gasteiger partial charge in [-0.15, -0.1) is 0 Å². The highest BCUT2D eigenvalue weighted by molar-refractivity contribution is 6.39. The Kier molecular flexibility index (Phi) is 4.76. The number of benzene rings is 1. The van der Waals surface area contributed by atoms with Crippen molar-refractivity contribution in [3.8, 4) is 0 Å². The Morgan fingerprint density at radius 2 is 2.05 bits per heavy atom. The molecule has 0 unspecified atom stereocenters. The Balaban J connectivity index is 1.88. The monoisotopic (exact) mass is 282 g/mol. The van der Waals surface area contributed by atoms with E-state index in [9.17, 15) is 9.59 Å². The number of hydrogen-bond donors (Lipinski definition) is 2. The number of pyridine rings is 1. The van der Waals surface area contributed by atoms with Crippen LogP contribution in [0.2, 0.25) is 0 Å². The van der Waals surface area contributed by atoms with Gasteiger partial charge in [-0.3, -0.25) is 14.6 Å². The minimum atomic E-state index is -0.836. The predicted octanol–water partition coefficient (Wildman–Crippen LogP) is 1.48. The van der Waals surface area contributed by atoms with Gasteiger partial charge in [0, 0.05) is 23.6 Å². The van der Waals surface area contributed by atoms with E-state index in [1.54, 1.807) is 42.7 Å². The number of carbonyl (C=O) groups excluding carboxylic acids is 2. The molecule has 6 nitrogen and oxygen atoms in total. The standard InChI is InChI=1S/C15H14N4O2/c1-11-4-2-6-13(8-11)18-14(20)15(21)19-17-10-12-5-3-7-16-9-12/h2-10H,1H3,(H,18,20)(H,19,21). The molecule has 21 heavy (non-hydrogen) atoms. The van der Waals surface area contributed by atoms with Gasteiger partial charge in [-0.25, -0.2) is 5.43 Å². The first kappa shape index (κ1) is 14.4. The van der Waals surface area contributed by atoms with E-state index in [1.807, 2.05) is 13.0 Å². The average molecular weight is 282 g/mol. The maximum atomic E-state index is 11.7. The summed E-state index contributed by atoms with van der Waals surface area (Å²) in [5.74, 6) is -1.61. The van der Waals surface area contributed by atoms with Crippen LogP contribution >= 0.6 is 0 Å². The van der Waals surface area contributed by atoms with Gasteiger partial charge in [-0.2, -0.15) is 5.10 Å². The lowest BCUT2D eigenvalue weighted by molar-refractivity contribution is -0.136. The van der Waals surface area contributed by atoms with Crippen LogP contribution < -0.4 is 10.7 Å². The van der Waals surface area contributed by atoms with Crippen LogP contribution in [0.4, 0.5) is 5.69 Å². The molecule has 2 N–H and O–H groups in total. The number of hydrazone groups is 1. The van der Waals surface area contributed by atoms with Crippen molar-refractivity contribution in [2.75, 3.05) is 5.32 Å². The highest BCUT2D eigenvalue weighted by Gasteiger charge is 2.12. The van der Waals surface area contributed by atoms with E-state index in [2.05, 4.69) is 20.8 Å². The van der Waals surface area contributed by atoms with Crippen molar-refractivity contribution in [1.29, 1.82) is 0 Å². The normalized spacial score (nSPS) is 10.3. The molecule has 0 bridgehead atoms. The minimum Gasteiger partial charge on any atom is -0.318 e. The molecule has 1 aromatic heterocycles. The lowest BCUT2D eigenvalue weighted by Gasteiger charge is -2.04. The number of carbonyl (C=O) groups is 2. The van der Waals surface area contributed by atoms with Gasteiger partial charge in [0.25, 0.3) is 0 Å². The van der Waals surface area contributed by atoms with Crippen molar-refractivity contribution in [2.24, 2.45) is 5.10 Å². The van der Waals surface area contributed by atoms with Gasteiger partial charge in [-0.1, -0.05) is 18.2 Å². The number of aryl methyl sites for hydroxylation is 1. The van der Waals surface area contributed by atoms with E-state index < -0.39 is 11.8 Å². The smallest absolute Gasteiger partial charge is 0.318 e. The van der Waals surface area contributed by atoms with E-state index in [0.29, 0.717) is 5.69 Å². The van der Waals surface area contributed by atoms with Gasteiger partial charge in [0.15, 0.2) is 0 Å². The molecule has 1 heterocycles. The van der Waals surface area contributed by atoms with E-state index in [1.165, 1.54) is 6.21 Å². The summed E-state index contributed by atoms with van der Waals surface area (Å²) >= 11 is 0. The molecule has 0 aliphatic heterocycles. The molecular formula is C15H14N4O2. The third-order valence-corrected chi connectivity index (χ3v) is 2.55. The summed E-state index contributed by atoms with van der Waals surface area (Å²) in [6.45, 7) is 1.90. The van der Waals surface area contributed by atoms with Gasteiger partial charge in [-0.05, 0) is 30.7 Å². The second-order valence-electron chi connectivity index (χ2n) is 4.31. The number of nitrogens with zero attached hydrogens (tertiary/aromatic N) is 2. The second kappa shape index (κ2) is 6.95. The quantitative estimate of drug-likeness (QED) is 0.508. The zero-order valence-corrected chi connectivity index (χ0v) is 11.4. The first-order valence-electron chi connectivity index (χ1n) is 6.26. The van der Waals surface area contributed by atoms with Crippen molar-refractivity contribution in [1.82, 2.24) is 10.4 Å². The lowest BCUT2D eigenvalue weighted by Crippen LogP contribution is -2.32. The second-order valence-corrected chi connectivity index (χ2v) is 4.31. The highest BCUT2D eigenvalue weighted by Crippen LogP contribution is 2.08. The summed E-state index contributed by atoms with van der Waals surface area (Å²) in [6.07, 6.45) is 4.62. The fourth-order valence-electron chi connectivity index (χ4n) is 1.58. The number of hydrogen-bond acceptors (Lipinski definition) is 4. The van der Waals surface area contributed by atoms with Crippen LogP contribution in [0.15, 0.2) is 53.9 Å². The van der Waals surface area contributed by atoms with Crippen LogP contribution in [0, 0.1) is 6.92 Å². The number of amides is 2. The van der Waals surface area contributed by atoms with Crippen LogP contribution in [0.5, 0.6) is 0 Å². The van der Waals surface area contributed by atoms with E-state index in [0.717, 1.165) is 11.1 Å². The number of anilines is 1. The van der Waals surface area contributed by atoms with Gasteiger partial charge in [0.2, 0.25) is 0 Å².